The molecule has 0 aliphatic carbocycles. The topological polar surface area (TPSA) is 100 Å². The van der Waals surface area contributed by atoms with E-state index in [1.165, 1.54) is 24.3 Å². The van der Waals surface area contributed by atoms with E-state index in [1.807, 2.05) is 38.1 Å². The van der Waals surface area contributed by atoms with Gasteiger partial charge in [-0.15, -0.1) is 0 Å². The van der Waals surface area contributed by atoms with Crippen molar-refractivity contribution < 1.29 is 23.9 Å². The van der Waals surface area contributed by atoms with Crippen LogP contribution in [-0.4, -0.2) is 23.4 Å². The Morgan fingerprint density at radius 3 is 2.61 bits per heavy atom. The van der Waals surface area contributed by atoms with E-state index in [-0.39, 0.29) is 27.9 Å². The van der Waals surface area contributed by atoms with Gasteiger partial charge in [-0.3, -0.25) is 10.1 Å². The molecule has 0 saturated carbocycles. The molecule has 0 amide bonds. The average molecular weight is 527 g/mol. The Labute approximate surface area is 216 Å². The monoisotopic (exact) mass is 526 g/mol. The van der Waals surface area contributed by atoms with E-state index in [9.17, 15) is 14.9 Å². The molecule has 10 heteroatoms. The number of ether oxygens (including phenoxy) is 3. The Bertz CT molecular complexity index is 1420. The molecule has 4 rings (SSSR count). The van der Waals surface area contributed by atoms with Gasteiger partial charge in [0, 0.05) is 11.6 Å². The highest BCUT2D eigenvalue weighted by Crippen LogP contribution is 2.38. The lowest BCUT2D eigenvalue weighted by Crippen LogP contribution is -2.06. The molecule has 0 bridgehead atoms. The highest BCUT2D eigenvalue weighted by molar-refractivity contribution is 6.33. The number of carbonyl (C=O) groups is 1. The van der Waals surface area contributed by atoms with E-state index in [0.717, 1.165) is 11.1 Å². The number of benzene rings is 3. The number of nitro benzene ring substituents is 1. The number of carbonyl (C=O) groups excluding carboxylic acids is 1. The number of esters is 1. The second-order valence-electron chi connectivity index (χ2n) is 7.80. The summed E-state index contributed by atoms with van der Waals surface area (Å²) < 4.78 is 16.9. The lowest BCUT2D eigenvalue weighted by atomic mass is 10.1. The Balaban J connectivity index is 1.63. The molecule has 1 aliphatic heterocycles. The Kier molecular flexibility index (Phi) is 7.57. The lowest BCUT2D eigenvalue weighted by molar-refractivity contribution is -0.384. The van der Waals surface area contributed by atoms with Gasteiger partial charge in [-0.1, -0.05) is 53.0 Å². The highest BCUT2D eigenvalue weighted by Gasteiger charge is 2.26. The van der Waals surface area contributed by atoms with Crippen LogP contribution >= 0.6 is 23.2 Å². The van der Waals surface area contributed by atoms with E-state index in [4.69, 9.17) is 37.4 Å². The third-order valence-corrected chi connectivity index (χ3v) is 5.71. The minimum Gasteiger partial charge on any atom is -0.490 e. The van der Waals surface area contributed by atoms with Gasteiger partial charge in [-0.25, -0.2) is 9.79 Å². The van der Waals surface area contributed by atoms with Crippen molar-refractivity contribution in [2.75, 3.05) is 6.61 Å². The summed E-state index contributed by atoms with van der Waals surface area (Å²) in [7, 11) is 0. The zero-order valence-electron chi connectivity index (χ0n) is 19.3. The van der Waals surface area contributed by atoms with Crippen LogP contribution in [0.5, 0.6) is 11.5 Å². The minimum atomic E-state index is -0.712. The normalized spacial score (nSPS) is 13.9. The fourth-order valence-electron chi connectivity index (χ4n) is 3.51. The number of nitro groups is 1. The fourth-order valence-corrected chi connectivity index (χ4v) is 3.97. The number of nitrogens with zero attached hydrogens (tertiary/aromatic N) is 2. The third-order valence-electron chi connectivity index (χ3n) is 5.11. The summed E-state index contributed by atoms with van der Waals surface area (Å²) >= 11 is 12.4. The van der Waals surface area contributed by atoms with E-state index in [1.54, 1.807) is 12.1 Å². The van der Waals surface area contributed by atoms with Crippen molar-refractivity contribution in [3.05, 3.63) is 103 Å². The van der Waals surface area contributed by atoms with Crippen molar-refractivity contribution in [2.24, 2.45) is 4.99 Å². The number of hydrogen-bond donors (Lipinski definition) is 0. The van der Waals surface area contributed by atoms with Crippen molar-refractivity contribution in [1.29, 1.82) is 0 Å². The van der Waals surface area contributed by atoms with Gasteiger partial charge in [0.2, 0.25) is 5.90 Å². The number of cyclic esters (lactones) is 1. The van der Waals surface area contributed by atoms with Gasteiger partial charge in [0.05, 0.1) is 16.6 Å². The van der Waals surface area contributed by atoms with E-state index >= 15 is 0 Å². The molecule has 8 nitrogen and oxygen atoms in total. The summed E-state index contributed by atoms with van der Waals surface area (Å²) in [6.07, 6.45) is 1.48. The summed E-state index contributed by atoms with van der Waals surface area (Å²) in [6.45, 7) is 4.51. The first kappa shape index (κ1) is 25.2. The van der Waals surface area contributed by atoms with Crippen molar-refractivity contribution in [2.45, 2.75) is 20.5 Å². The van der Waals surface area contributed by atoms with Crippen LogP contribution in [0.25, 0.3) is 6.08 Å². The second-order valence-corrected chi connectivity index (χ2v) is 8.61. The minimum absolute atomic E-state index is 0.00505. The number of hydrogen-bond acceptors (Lipinski definition) is 7. The first-order valence-corrected chi connectivity index (χ1v) is 11.6. The quantitative estimate of drug-likeness (QED) is 0.143. The van der Waals surface area contributed by atoms with E-state index < -0.39 is 10.9 Å². The van der Waals surface area contributed by atoms with Gasteiger partial charge in [-0.2, -0.15) is 0 Å². The van der Waals surface area contributed by atoms with Crippen LogP contribution in [-0.2, 0) is 16.1 Å². The van der Waals surface area contributed by atoms with Crippen molar-refractivity contribution in [1.82, 2.24) is 0 Å². The Morgan fingerprint density at radius 2 is 1.89 bits per heavy atom. The predicted molar refractivity (Wildman–Crippen MR) is 137 cm³/mol. The maximum atomic E-state index is 12.4. The van der Waals surface area contributed by atoms with Crippen LogP contribution in [0.4, 0.5) is 5.69 Å². The van der Waals surface area contributed by atoms with Crippen molar-refractivity contribution >= 4 is 46.8 Å². The number of aryl methyl sites for hydroxylation is 1. The molecule has 0 radical (unpaired) electrons. The zero-order chi connectivity index (χ0) is 25.8. The Hall–Kier alpha value is -3.88. The molecule has 184 valence electrons. The van der Waals surface area contributed by atoms with Crippen LogP contribution < -0.4 is 9.47 Å². The smallest absolute Gasteiger partial charge is 0.363 e. The largest absolute Gasteiger partial charge is 0.490 e. The third kappa shape index (κ3) is 5.67. The molecule has 3 aromatic rings. The SMILES string of the molecule is CCOc1cc(/C=C2\N=C(c3ccc(Cl)c([N+](=O)[O-])c3)OC2=O)cc(Cl)c1OCc1cccc(C)c1. The molecular weight excluding hydrogens is 507 g/mol. The lowest BCUT2D eigenvalue weighted by Gasteiger charge is -2.15. The summed E-state index contributed by atoms with van der Waals surface area (Å²) in [5.74, 6) is 0.0129. The van der Waals surface area contributed by atoms with E-state index in [0.29, 0.717) is 35.3 Å². The fraction of sp³-hybridized carbons (Fsp3) is 0.154. The maximum absolute atomic E-state index is 12.4. The average Bonchev–Trinajstić information content (AvgIpc) is 3.19. The van der Waals surface area contributed by atoms with Crippen molar-refractivity contribution in [3.63, 3.8) is 0 Å². The maximum Gasteiger partial charge on any atom is 0.363 e. The summed E-state index contributed by atoms with van der Waals surface area (Å²) in [4.78, 5) is 27.2. The number of aliphatic imine (C=N–C) groups is 1. The van der Waals surface area contributed by atoms with Gasteiger partial charge in [0.1, 0.15) is 11.6 Å². The van der Waals surface area contributed by atoms with Gasteiger partial charge in [-0.05, 0) is 55.3 Å². The highest BCUT2D eigenvalue weighted by atomic mass is 35.5. The van der Waals surface area contributed by atoms with Crippen LogP contribution in [0, 0.1) is 17.0 Å². The molecular formula is C26H20Cl2N2O6. The van der Waals surface area contributed by atoms with Crippen molar-refractivity contribution in [3.8, 4) is 11.5 Å². The second kappa shape index (κ2) is 10.8. The van der Waals surface area contributed by atoms with Crippen LogP contribution in [0.3, 0.4) is 0 Å². The molecule has 3 aromatic carbocycles. The Morgan fingerprint density at radius 1 is 1.08 bits per heavy atom. The van der Waals surface area contributed by atoms with Crippen LogP contribution in [0.1, 0.15) is 29.2 Å². The van der Waals surface area contributed by atoms with Gasteiger partial charge in [0.15, 0.2) is 17.2 Å². The first-order valence-electron chi connectivity index (χ1n) is 10.9. The molecule has 0 fully saturated rings. The van der Waals surface area contributed by atoms with Gasteiger partial charge >= 0.3 is 5.97 Å². The molecule has 0 aromatic heterocycles. The molecule has 0 saturated heterocycles. The zero-order valence-corrected chi connectivity index (χ0v) is 20.8. The molecule has 36 heavy (non-hydrogen) atoms. The first-order chi connectivity index (χ1) is 17.2. The predicted octanol–water partition coefficient (Wildman–Crippen LogP) is 6.53. The summed E-state index contributed by atoms with van der Waals surface area (Å²) in [5, 5.41) is 11.4. The molecule has 0 unspecified atom stereocenters. The van der Waals surface area contributed by atoms with Gasteiger partial charge in [0.25, 0.3) is 5.69 Å². The van der Waals surface area contributed by atoms with Crippen LogP contribution in [0.15, 0.2) is 65.3 Å². The molecule has 1 heterocycles. The number of halogens is 2. The summed E-state index contributed by atoms with van der Waals surface area (Å²) in [6, 6.07) is 15.2. The molecule has 0 N–H and O–H groups in total. The summed E-state index contributed by atoms with van der Waals surface area (Å²) in [5.41, 5.74) is 2.55. The standard InChI is InChI=1S/C26H20Cl2N2O6/c1-3-34-23-12-17(10-20(28)24(23)35-14-16-6-4-5-15(2)9-16)11-21-26(31)36-25(29-21)18-7-8-19(27)22(13-18)30(32)33/h4-13H,3,14H2,1-2H3/b21-11-. The number of rotatable bonds is 8. The molecule has 1 aliphatic rings. The van der Waals surface area contributed by atoms with Gasteiger partial charge < -0.3 is 14.2 Å². The van der Waals surface area contributed by atoms with Crippen LogP contribution in [0.2, 0.25) is 10.0 Å². The molecule has 0 atom stereocenters. The molecule has 0 spiro atoms. The van der Waals surface area contributed by atoms with E-state index in [2.05, 4.69) is 4.99 Å².